The number of carbonyl (C=O) groups is 4. The summed E-state index contributed by atoms with van der Waals surface area (Å²) >= 11 is 0. The molecule has 13 heteroatoms. The molecule has 3 aliphatic carbocycles. The molecule has 2 saturated carbocycles. The van der Waals surface area contributed by atoms with Crippen molar-refractivity contribution >= 4 is 23.8 Å². The van der Waals surface area contributed by atoms with Gasteiger partial charge >= 0.3 is 18.0 Å². The highest BCUT2D eigenvalue weighted by atomic mass is 16.6. The fraction of sp³-hybridized carbons (Fsp3) is 0.571. The van der Waals surface area contributed by atoms with E-state index in [2.05, 4.69) is 5.32 Å². The number of hydrogen-bond acceptors (Lipinski definition) is 12. The van der Waals surface area contributed by atoms with E-state index < -0.39 is 99.8 Å². The number of alkyl carbamates (subject to hydrolysis) is 1. The van der Waals surface area contributed by atoms with Crippen LogP contribution in [0.4, 0.5) is 4.79 Å². The molecule has 5 N–H and O–H groups in total. The summed E-state index contributed by atoms with van der Waals surface area (Å²) in [4.78, 5) is 55.7. The van der Waals surface area contributed by atoms with Gasteiger partial charge in [-0.2, -0.15) is 0 Å². The number of rotatable bonds is 7. The second-order valence-electron chi connectivity index (χ2n) is 17.5. The van der Waals surface area contributed by atoms with Gasteiger partial charge in [0.2, 0.25) is 0 Å². The Bertz CT molecular complexity index is 1860. The number of carbonyl (C=O) groups excluding carboxylic acids is 4. The van der Waals surface area contributed by atoms with Crippen LogP contribution in [0.5, 0.6) is 0 Å². The van der Waals surface area contributed by atoms with Gasteiger partial charge in [-0.3, -0.25) is 4.79 Å². The molecule has 2 unspecified atom stereocenters. The van der Waals surface area contributed by atoms with Crippen molar-refractivity contribution in [3.63, 3.8) is 0 Å². The van der Waals surface area contributed by atoms with E-state index in [9.17, 15) is 39.6 Å². The first-order valence-electron chi connectivity index (χ1n) is 18.7. The van der Waals surface area contributed by atoms with Gasteiger partial charge < -0.3 is 44.7 Å². The highest BCUT2D eigenvalue weighted by molar-refractivity contribution is 5.94. The number of benzene rings is 2. The van der Waals surface area contributed by atoms with Crippen molar-refractivity contribution in [1.82, 2.24) is 5.32 Å². The fourth-order valence-electron chi connectivity index (χ4n) is 9.57. The molecule has 2 aromatic carbocycles. The van der Waals surface area contributed by atoms with Gasteiger partial charge in [0.1, 0.15) is 29.5 Å². The molecule has 11 atom stereocenters. The highest BCUT2D eigenvalue weighted by Gasteiger charge is 2.75. The van der Waals surface area contributed by atoms with Crippen LogP contribution in [0.3, 0.4) is 0 Å². The van der Waals surface area contributed by atoms with Crippen LogP contribution in [0, 0.1) is 22.2 Å². The predicted molar refractivity (Wildman–Crippen MR) is 197 cm³/mol. The smallest absolute Gasteiger partial charge is 0.408 e. The number of fused-ring (bicyclic) bond motifs is 5. The molecule has 4 aliphatic rings. The van der Waals surface area contributed by atoms with E-state index in [4.69, 9.17) is 18.9 Å². The van der Waals surface area contributed by atoms with Crippen molar-refractivity contribution < 1.29 is 58.6 Å². The lowest BCUT2D eigenvalue weighted by Crippen LogP contribution is -2.77. The first-order chi connectivity index (χ1) is 25.6. The Kier molecular flexibility index (Phi) is 10.4. The van der Waals surface area contributed by atoms with E-state index in [1.165, 1.54) is 0 Å². The number of ketones is 1. The minimum Gasteiger partial charge on any atom is -0.456 e. The zero-order valence-corrected chi connectivity index (χ0v) is 32.6. The summed E-state index contributed by atoms with van der Waals surface area (Å²) in [6.07, 6.45) is -9.80. The molecule has 13 nitrogen and oxygen atoms in total. The quantitative estimate of drug-likeness (QED) is 0.155. The zero-order chi connectivity index (χ0) is 40.5. The summed E-state index contributed by atoms with van der Waals surface area (Å²) in [5.41, 5.74) is -6.31. The first kappa shape index (κ1) is 40.5. The van der Waals surface area contributed by atoms with E-state index in [1.54, 1.807) is 109 Å². The Labute approximate surface area is 321 Å². The molecule has 1 heterocycles. The standard InChI is InChI=1S/C42H53NO12/c1-22-25(53-36(49)31(46)29(23-15-11-9-12-16-23)43-37(50)55-38(2,3)4)20-42(51)34(54-35(48)24-17-13-10-14-18-24)32-40(7)21-52-27(40)19-26(44)41(32,8)33(47)30(45)28(22)39(42,5)6/h9-18,25-27,29-32,34,44-46,51H,19-21H2,1-8H3,(H,43,50)/t25-,26-,27+,29-,30+,31+,32?,34?,40+,41+,42+/m0/s1. The number of hydrogen-bond donors (Lipinski definition) is 5. The molecule has 55 heavy (non-hydrogen) atoms. The van der Waals surface area contributed by atoms with Crippen LogP contribution in [0.2, 0.25) is 0 Å². The average molecular weight is 764 g/mol. The molecule has 298 valence electrons. The summed E-state index contributed by atoms with van der Waals surface area (Å²) in [7, 11) is 0. The van der Waals surface area contributed by atoms with Crippen molar-refractivity contribution in [2.75, 3.05) is 6.61 Å². The van der Waals surface area contributed by atoms with Gasteiger partial charge in [-0.05, 0) is 63.5 Å². The number of aliphatic hydroxyl groups is 4. The van der Waals surface area contributed by atoms with Crippen molar-refractivity contribution in [2.24, 2.45) is 22.2 Å². The molecule has 1 amide bonds. The average Bonchev–Trinajstić information content (AvgIpc) is 3.12. The van der Waals surface area contributed by atoms with Gasteiger partial charge in [-0.1, -0.05) is 69.3 Å². The van der Waals surface area contributed by atoms with Gasteiger partial charge in [0.15, 0.2) is 11.9 Å². The molecule has 6 rings (SSSR count). The van der Waals surface area contributed by atoms with Crippen LogP contribution in [-0.4, -0.2) is 98.7 Å². The van der Waals surface area contributed by atoms with Crippen molar-refractivity contribution in [3.8, 4) is 0 Å². The number of Topliss-reactive ketones (excluding diaryl/α,β-unsaturated/α-hetero) is 1. The van der Waals surface area contributed by atoms with E-state index >= 15 is 0 Å². The molecular weight excluding hydrogens is 710 g/mol. The molecule has 0 radical (unpaired) electrons. The third-order valence-electron chi connectivity index (χ3n) is 12.7. The number of nitrogens with one attached hydrogen (secondary N) is 1. The SMILES string of the molecule is CC1=C2[C@@H](O)C(=O)[C@@]3(C)C(C(OC(=O)c4ccccc4)[C@](O)(C[C@@H]1OC(=O)[C@H](O)[C@@H](NC(=O)OC(C)(C)C)c1ccccc1)C2(C)C)[C@]1(C)CO[C@@H]1C[C@@H]3O. The normalized spacial score (nSPS) is 35.0. The van der Waals surface area contributed by atoms with Crippen LogP contribution < -0.4 is 5.32 Å². The summed E-state index contributed by atoms with van der Waals surface area (Å²) in [6.45, 7) is 13.4. The number of esters is 2. The minimum absolute atomic E-state index is 0.0369. The number of amides is 1. The second-order valence-corrected chi connectivity index (χ2v) is 17.5. The molecule has 0 spiro atoms. The molecule has 2 aromatic rings. The Hall–Kier alpha value is -4.14. The van der Waals surface area contributed by atoms with Crippen molar-refractivity contribution in [2.45, 2.75) is 122 Å². The van der Waals surface area contributed by atoms with Crippen LogP contribution in [0.1, 0.15) is 90.2 Å². The largest absolute Gasteiger partial charge is 0.456 e. The summed E-state index contributed by atoms with van der Waals surface area (Å²) in [6, 6.07) is 15.1. The Morgan fingerprint density at radius 3 is 2.11 bits per heavy atom. The van der Waals surface area contributed by atoms with E-state index in [0.717, 1.165) is 0 Å². The molecular formula is C42H53NO12. The minimum atomic E-state index is -2.15. The summed E-state index contributed by atoms with van der Waals surface area (Å²) in [5, 5.41) is 51.3. The monoisotopic (exact) mass is 763 g/mol. The number of ether oxygens (including phenoxy) is 4. The van der Waals surface area contributed by atoms with Gasteiger partial charge in [0, 0.05) is 29.6 Å². The Morgan fingerprint density at radius 2 is 1.55 bits per heavy atom. The third kappa shape index (κ3) is 6.67. The van der Waals surface area contributed by atoms with Crippen molar-refractivity contribution in [1.29, 1.82) is 0 Å². The zero-order valence-electron chi connectivity index (χ0n) is 32.6. The van der Waals surface area contributed by atoms with Crippen LogP contribution in [0.15, 0.2) is 71.8 Å². The van der Waals surface area contributed by atoms with Gasteiger partial charge in [-0.25, -0.2) is 14.4 Å². The molecule has 1 saturated heterocycles. The lowest BCUT2D eigenvalue weighted by Gasteiger charge is -2.68. The fourth-order valence-corrected chi connectivity index (χ4v) is 9.57. The molecule has 2 bridgehead atoms. The lowest BCUT2D eigenvalue weighted by atomic mass is 9.42. The van der Waals surface area contributed by atoms with Crippen LogP contribution >= 0.6 is 0 Å². The highest BCUT2D eigenvalue weighted by Crippen LogP contribution is 2.65. The van der Waals surface area contributed by atoms with E-state index in [1.807, 2.05) is 6.92 Å². The van der Waals surface area contributed by atoms with Gasteiger partial charge in [-0.15, -0.1) is 0 Å². The lowest BCUT2D eigenvalue weighted by molar-refractivity contribution is -0.313. The van der Waals surface area contributed by atoms with Crippen LogP contribution in [0.25, 0.3) is 0 Å². The topological polar surface area (TPSA) is 198 Å². The maximum Gasteiger partial charge on any atom is 0.408 e. The maximum absolute atomic E-state index is 14.8. The Balaban J connectivity index is 1.45. The van der Waals surface area contributed by atoms with Gasteiger partial charge in [0.05, 0.1) is 35.8 Å². The van der Waals surface area contributed by atoms with E-state index in [-0.39, 0.29) is 36.2 Å². The molecule has 3 fully saturated rings. The summed E-state index contributed by atoms with van der Waals surface area (Å²) < 4.78 is 23.7. The number of aliphatic hydroxyl groups excluding tert-OH is 3. The third-order valence-corrected chi connectivity index (χ3v) is 12.7. The van der Waals surface area contributed by atoms with Crippen LogP contribution in [-0.2, 0) is 28.5 Å². The second kappa shape index (κ2) is 14.1. The maximum atomic E-state index is 14.8. The first-order valence-corrected chi connectivity index (χ1v) is 18.7. The van der Waals surface area contributed by atoms with E-state index in [0.29, 0.717) is 5.56 Å². The summed E-state index contributed by atoms with van der Waals surface area (Å²) in [5.74, 6) is -3.78. The molecule has 0 aromatic heterocycles. The molecule has 1 aliphatic heterocycles. The Morgan fingerprint density at radius 1 is 0.945 bits per heavy atom. The van der Waals surface area contributed by atoms with Crippen molar-refractivity contribution in [3.05, 3.63) is 82.9 Å². The van der Waals surface area contributed by atoms with Gasteiger partial charge in [0.25, 0.3) is 0 Å². The predicted octanol–water partition coefficient (Wildman–Crippen LogP) is 3.96.